The van der Waals surface area contributed by atoms with Gasteiger partial charge in [-0.2, -0.15) is 0 Å². The van der Waals surface area contributed by atoms with E-state index in [1.807, 2.05) is 0 Å². The lowest BCUT2D eigenvalue weighted by Gasteiger charge is -2.23. The zero-order valence-corrected chi connectivity index (χ0v) is 6.63. The number of carbonyl (C=O) groups is 1. The van der Waals surface area contributed by atoms with E-state index in [0.717, 1.165) is 6.42 Å². The fraction of sp³-hybridized carbons (Fsp3) is 0.750. The van der Waals surface area contributed by atoms with Gasteiger partial charge in [-0.3, -0.25) is 4.79 Å². The molecular weight excluding hydrogens is 142 g/mol. The van der Waals surface area contributed by atoms with Gasteiger partial charge in [0.1, 0.15) is 0 Å². The quantitative estimate of drug-likeness (QED) is 0.603. The minimum Gasteiger partial charge on any atom is -0.481 e. The van der Waals surface area contributed by atoms with Crippen molar-refractivity contribution in [1.82, 2.24) is 0 Å². The summed E-state index contributed by atoms with van der Waals surface area (Å²) < 4.78 is 0. The lowest BCUT2D eigenvalue weighted by molar-refractivity contribution is -0.139. The molecule has 0 spiro atoms. The zero-order valence-electron chi connectivity index (χ0n) is 6.63. The third kappa shape index (κ3) is 1.79. The zero-order chi connectivity index (χ0) is 8.43. The van der Waals surface area contributed by atoms with Crippen LogP contribution in [0.1, 0.15) is 26.2 Å². The smallest absolute Gasteiger partial charge is 0.312 e. The highest BCUT2D eigenvalue weighted by atomic mass is 16.4. The monoisotopic (exact) mass is 155 g/mol. The first-order valence-electron chi connectivity index (χ1n) is 3.91. The van der Waals surface area contributed by atoms with Crippen LogP contribution in [0.15, 0.2) is 0 Å². The van der Waals surface area contributed by atoms with Crippen molar-refractivity contribution in [3.05, 3.63) is 0 Å². The normalized spacial score (nSPS) is 31.9. The number of carboxylic acids is 1. The summed E-state index contributed by atoms with van der Waals surface area (Å²) in [7, 11) is 0. The van der Waals surface area contributed by atoms with Gasteiger partial charge in [0.05, 0.1) is 5.92 Å². The number of carboxylic acid groups (broad SMARTS) is 1. The Balaban J connectivity index is 2.58. The molecule has 0 heterocycles. The molecule has 0 aliphatic heterocycles. The molecule has 1 saturated carbocycles. The Morgan fingerprint density at radius 2 is 2.27 bits per heavy atom. The minimum atomic E-state index is -0.832. The van der Waals surface area contributed by atoms with Gasteiger partial charge in [-0.25, -0.2) is 0 Å². The fourth-order valence-corrected chi connectivity index (χ4v) is 1.52. The maximum absolute atomic E-state index is 10.5. The van der Waals surface area contributed by atoms with E-state index in [0.29, 0.717) is 24.5 Å². The molecule has 0 bridgehead atoms. The van der Waals surface area contributed by atoms with Crippen LogP contribution in [-0.4, -0.2) is 16.8 Å². The molecule has 1 aliphatic rings. The van der Waals surface area contributed by atoms with Crippen LogP contribution in [0, 0.1) is 17.2 Å². The molecule has 0 aromatic heterocycles. The highest BCUT2D eigenvalue weighted by Crippen LogP contribution is 2.25. The van der Waals surface area contributed by atoms with E-state index in [-0.39, 0.29) is 0 Å². The van der Waals surface area contributed by atoms with Crippen LogP contribution in [0.25, 0.3) is 0 Å². The molecular formula is C8H13NO2. The van der Waals surface area contributed by atoms with Crippen LogP contribution in [0.3, 0.4) is 0 Å². The van der Waals surface area contributed by atoms with Crippen molar-refractivity contribution < 1.29 is 9.90 Å². The average Bonchev–Trinajstić information content (AvgIpc) is 1.85. The summed E-state index contributed by atoms with van der Waals surface area (Å²) in [5.41, 5.74) is 0.399. The SMILES string of the molecule is CC1CC[C@H](C(=O)O)C(=N)C1. The second-order valence-electron chi connectivity index (χ2n) is 3.30. The summed E-state index contributed by atoms with van der Waals surface area (Å²) in [5, 5.41) is 16.1. The number of hydrogen-bond acceptors (Lipinski definition) is 2. The average molecular weight is 155 g/mol. The summed E-state index contributed by atoms with van der Waals surface area (Å²) in [5.74, 6) is -0.828. The Morgan fingerprint density at radius 3 is 2.73 bits per heavy atom. The van der Waals surface area contributed by atoms with Crippen LogP contribution in [0.5, 0.6) is 0 Å². The van der Waals surface area contributed by atoms with Crippen molar-refractivity contribution >= 4 is 11.7 Å². The molecule has 0 radical (unpaired) electrons. The molecule has 0 aromatic carbocycles. The lowest BCUT2D eigenvalue weighted by atomic mass is 9.81. The Labute approximate surface area is 65.9 Å². The highest BCUT2D eigenvalue weighted by Gasteiger charge is 2.28. The van der Waals surface area contributed by atoms with Crippen LogP contribution < -0.4 is 0 Å². The van der Waals surface area contributed by atoms with E-state index in [9.17, 15) is 4.79 Å². The van der Waals surface area contributed by atoms with Crippen molar-refractivity contribution in [2.24, 2.45) is 11.8 Å². The number of hydrogen-bond donors (Lipinski definition) is 2. The molecule has 1 unspecified atom stereocenters. The van der Waals surface area contributed by atoms with E-state index in [1.165, 1.54) is 0 Å². The van der Waals surface area contributed by atoms with E-state index < -0.39 is 11.9 Å². The molecule has 2 atom stereocenters. The van der Waals surface area contributed by atoms with Crippen molar-refractivity contribution in [1.29, 1.82) is 5.41 Å². The maximum Gasteiger partial charge on any atom is 0.312 e. The second kappa shape index (κ2) is 3.03. The molecule has 3 nitrogen and oxygen atoms in total. The van der Waals surface area contributed by atoms with Crippen molar-refractivity contribution in [3.63, 3.8) is 0 Å². The molecule has 0 saturated heterocycles. The minimum absolute atomic E-state index is 0.399. The molecule has 3 heteroatoms. The summed E-state index contributed by atoms with van der Waals surface area (Å²) in [4.78, 5) is 10.5. The summed E-state index contributed by atoms with van der Waals surface area (Å²) in [6.07, 6.45) is 2.26. The van der Waals surface area contributed by atoms with Gasteiger partial charge in [0.2, 0.25) is 0 Å². The molecule has 62 valence electrons. The first-order valence-corrected chi connectivity index (χ1v) is 3.91. The Bertz CT molecular complexity index is 189. The predicted octanol–water partition coefficient (Wildman–Crippen LogP) is 1.53. The number of aliphatic carboxylic acids is 1. The molecule has 0 amide bonds. The molecule has 1 aliphatic carbocycles. The van der Waals surface area contributed by atoms with Crippen LogP contribution in [0.2, 0.25) is 0 Å². The summed E-state index contributed by atoms with van der Waals surface area (Å²) in [6.45, 7) is 2.06. The van der Waals surface area contributed by atoms with E-state index in [2.05, 4.69) is 6.92 Å². The van der Waals surface area contributed by atoms with Gasteiger partial charge in [-0.1, -0.05) is 6.92 Å². The van der Waals surface area contributed by atoms with Gasteiger partial charge in [0.25, 0.3) is 0 Å². The second-order valence-corrected chi connectivity index (χ2v) is 3.30. The van der Waals surface area contributed by atoms with E-state index in [1.54, 1.807) is 0 Å². The standard InChI is InChI=1S/C8H13NO2/c1-5-2-3-6(8(10)11)7(9)4-5/h5-6,9H,2-4H2,1H3,(H,10,11)/t5?,6-/m0/s1. The molecule has 0 aromatic rings. The molecule has 1 fully saturated rings. The summed E-state index contributed by atoms with van der Waals surface area (Å²) in [6, 6.07) is 0. The molecule has 1 rings (SSSR count). The topological polar surface area (TPSA) is 61.1 Å². The van der Waals surface area contributed by atoms with E-state index in [4.69, 9.17) is 10.5 Å². The van der Waals surface area contributed by atoms with Gasteiger partial charge in [0.15, 0.2) is 0 Å². The van der Waals surface area contributed by atoms with E-state index >= 15 is 0 Å². The Kier molecular flexibility index (Phi) is 2.27. The number of rotatable bonds is 1. The third-order valence-corrected chi connectivity index (χ3v) is 2.24. The van der Waals surface area contributed by atoms with Gasteiger partial charge in [0, 0.05) is 5.71 Å². The summed E-state index contributed by atoms with van der Waals surface area (Å²) >= 11 is 0. The lowest BCUT2D eigenvalue weighted by Crippen LogP contribution is -2.29. The van der Waals surface area contributed by atoms with Crippen LogP contribution in [0.4, 0.5) is 0 Å². The third-order valence-electron chi connectivity index (χ3n) is 2.24. The first kappa shape index (κ1) is 8.24. The van der Waals surface area contributed by atoms with Crippen molar-refractivity contribution in [2.45, 2.75) is 26.2 Å². The van der Waals surface area contributed by atoms with Gasteiger partial charge in [-0.15, -0.1) is 0 Å². The highest BCUT2D eigenvalue weighted by molar-refractivity contribution is 6.00. The van der Waals surface area contributed by atoms with Crippen LogP contribution >= 0.6 is 0 Å². The Morgan fingerprint density at radius 1 is 1.64 bits per heavy atom. The van der Waals surface area contributed by atoms with Crippen molar-refractivity contribution in [3.8, 4) is 0 Å². The fourth-order valence-electron chi connectivity index (χ4n) is 1.52. The van der Waals surface area contributed by atoms with Crippen molar-refractivity contribution in [2.75, 3.05) is 0 Å². The maximum atomic E-state index is 10.5. The van der Waals surface area contributed by atoms with Gasteiger partial charge >= 0.3 is 5.97 Å². The Hall–Kier alpha value is -0.860. The molecule has 2 N–H and O–H groups in total. The van der Waals surface area contributed by atoms with Gasteiger partial charge < -0.3 is 10.5 Å². The first-order chi connectivity index (χ1) is 5.11. The van der Waals surface area contributed by atoms with Crippen LogP contribution in [-0.2, 0) is 4.79 Å². The largest absolute Gasteiger partial charge is 0.481 e. The van der Waals surface area contributed by atoms with Gasteiger partial charge in [-0.05, 0) is 25.2 Å². The molecule has 11 heavy (non-hydrogen) atoms. The predicted molar refractivity (Wildman–Crippen MR) is 41.9 cm³/mol. The number of nitrogens with one attached hydrogen (secondary N) is 1.